The van der Waals surface area contributed by atoms with Crippen LogP contribution in [0.15, 0.2) is 54.6 Å². The van der Waals surface area contributed by atoms with Crippen LogP contribution < -0.4 is 5.32 Å². The molecule has 0 spiro atoms. The third kappa shape index (κ3) is 4.09. The van der Waals surface area contributed by atoms with E-state index in [9.17, 15) is 23.2 Å². The maximum absolute atomic E-state index is 13.9. The number of likely N-dealkylation sites (tertiary alicyclic amines) is 1. The molecule has 9 nitrogen and oxygen atoms in total. The van der Waals surface area contributed by atoms with Crippen molar-refractivity contribution in [2.75, 3.05) is 25.0 Å². The largest absolute Gasteiger partial charge is 0.481 e. The lowest BCUT2D eigenvalue weighted by Gasteiger charge is -2.14. The highest BCUT2D eigenvalue weighted by atomic mass is 19.3. The van der Waals surface area contributed by atoms with Crippen LogP contribution in [-0.2, 0) is 9.53 Å². The lowest BCUT2D eigenvalue weighted by Crippen LogP contribution is -2.33. The molecular weight excluding hydrogens is 462 g/mol. The molecule has 35 heavy (non-hydrogen) atoms. The molecule has 2 heterocycles. The van der Waals surface area contributed by atoms with Gasteiger partial charge in [0.25, 0.3) is 11.8 Å². The fraction of sp³-hybridized carbons (Fsp3) is 0.250. The molecule has 0 bridgehead atoms. The number of alkyl halides is 2. The number of amides is 2. The summed E-state index contributed by atoms with van der Waals surface area (Å²) in [6, 6.07) is 16.9. The van der Waals surface area contributed by atoms with E-state index in [0.717, 1.165) is 27.2 Å². The fourth-order valence-electron chi connectivity index (χ4n) is 4.60. The molecule has 1 saturated heterocycles. The first-order valence-corrected chi connectivity index (χ1v) is 10.8. The van der Waals surface area contributed by atoms with Crippen LogP contribution in [0, 0.1) is 5.92 Å². The SMILES string of the molecule is O=C(Nc1cc(C(=O)N2CC(C(=O)O)C(F)(F)C2)[nH]n1)OCC1c2ccccc2-c2ccccc21. The summed E-state index contributed by atoms with van der Waals surface area (Å²) in [5, 5.41) is 17.5. The molecule has 3 N–H and O–H groups in total. The highest BCUT2D eigenvalue weighted by Gasteiger charge is 2.53. The van der Waals surface area contributed by atoms with Crippen LogP contribution in [-0.4, -0.2) is 63.8 Å². The number of anilines is 1. The minimum absolute atomic E-state index is 0.0358. The minimum Gasteiger partial charge on any atom is -0.481 e. The summed E-state index contributed by atoms with van der Waals surface area (Å²) < 4.78 is 33.2. The first kappa shape index (κ1) is 22.5. The van der Waals surface area contributed by atoms with Crippen molar-refractivity contribution in [1.29, 1.82) is 0 Å². The third-order valence-electron chi connectivity index (χ3n) is 6.28. The van der Waals surface area contributed by atoms with Gasteiger partial charge in [-0.2, -0.15) is 5.10 Å². The number of carbonyl (C=O) groups is 3. The third-order valence-corrected chi connectivity index (χ3v) is 6.28. The van der Waals surface area contributed by atoms with Gasteiger partial charge >= 0.3 is 12.1 Å². The van der Waals surface area contributed by atoms with Gasteiger partial charge in [-0.05, 0) is 22.3 Å². The van der Waals surface area contributed by atoms with Crippen molar-refractivity contribution in [3.05, 3.63) is 71.4 Å². The van der Waals surface area contributed by atoms with Crippen LogP contribution in [0.5, 0.6) is 0 Å². The Labute approximate surface area is 197 Å². The highest BCUT2D eigenvalue weighted by Crippen LogP contribution is 2.44. The van der Waals surface area contributed by atoms with Gasteiger partial charge < -0.3 is 14.7 Å². The van der Waals surface area contributed by atoms with E-state index >= 15 is 0 Å². The summed E-state index contributed by atoms with van der Waals surface area (Å²) in [5.41, 5.74) is 4.11. The fourth-order valence-corrected chi connectivity index (χ4v) is 4.60. The molecule has 1 aromatic heterocycles. The van der Waals surface area contributed by atoms with Crippen LogP contribution in [0.1, 0.15) is 27.5 Å². The van der Waals surface area contributed by atoms with E-state index in [1.807, 2.05) is 48.5 Å². The molecule has 3 aromatic rings. The number of aromatic amines is 1. The van der Waals surface area contributed by atoms with Crippen molar-refractivity contribution in [3.63, 3.8) is 0 Å². The Balaban J connectivity index is 1.21. The second kappa shape index (κ2) is 8.49. The predicted molar refractivity (Wildman–Crippen MR) is 119 cm³/mol. The number of benzene rings is 2. The number of ether oxygens (including phenoxy) is 1. The molecule has 1 aliphatic heterocycles. The molecule has 11 heteroatoms. The van der Waals surface area contributed by atoms with E-state index in [-0.39, 0.29) is 24.0 Å². The standard InChI is InChI=1S/C24H20F2N4O5/c25-24(26)12-30(10-18(24)22(32)33)21(31)19-9-20(29-28-19)27-23(34)35-11-17-15-7-3-1-5-13(15)14-6-2-4-8-16(14)17/h1-9,17-18H,10-12H2,(H,32,33)(H2,27,28,29,34). The Kier molecular flexibility index (Phi) is 5.46. The predicted octanol–water partition coefficient (Wildman–Crippen LogP) is 3.56. The molecule has 1 atom stereocenters. The van der Waals surface area contributed by atoms with Crippen LogP contribution in [0.3, 0.4) is 0 Å². The number of nitrogens with one attached hydrogen (secondary N) is 2. The van der Waals surface area contributed by atoms with Crippen LogP contribution in [0.4, 0.5) is 19.4 Å². The number of H-pyrrole nitrogens is 1. The first-order chi connectivity index (χ1) is 16.7. The second-order valence-electron chi connectivity index (χ2n) is 8.45. The number of aromatic nitrogens is 2. The molecule has 2 aliphatic rings. The lowest BCUT2D eigenvalue weighted by molar-refractivity contribution is -0.151. The average molecular weight is 482 g/mol. The van der Waals surface area contributed by atoms with Crippen molar-refractivity contribution < 1.29 is 33.0 Å². The van der Waals surface area contributed by atoms with Gasteiger partial charge in [-0.25, -0.2) is 13.6 Å². The normalized spacial score (nSPS) is 18.1. The zero-order valence-electron chi connectivity index (χ0n) is 18.2. The summed E-state index contributed by atoms with van der Waals surface area (Å²) in [5.74, 6) is -8.21. The zero-order valence-corrected chi connectivity index (χ0v) is 18.2. The van der Waals surface area contributed by atoms with Crippen molar-refractivity contribution in [3.8, 4) is 11.1 Å². The molecule has 1 fully saturated rings. The van der Waals surface area contributed by atoms with Gasteiger partial charge in [0.1, 0.15) is 18.2 Å². The van der Waals surface area contributed by atoms with E-state index in [4.69, 9.17) is 9.84 Å². The van der Waals surface area contributed by atoms with E-state index < -0.39 is 42.9 Å². The van der Waals surface area contributed by atoms with Gasteiger partial charge in [-0.1, -0.05) is 48.5 Å². The number of carboxylic acids is 1. The van der Waals surface area contributed by atoms with E-state index in [1.54, 1.807) is 0 Å². The summed E-state index contributed by atoms with van der Waals surface area (Å²) in [7, 11) is 0. The summed E-state index contributed by atoms with van der Waals surface area (Å²) in [6.07, 6.45) is -0.795. The molecule has 5 rings (SSSR count). The average Bonchev–Trinajstić information content (AvgIpc) is 3.51. The monoisotopic (exact) mass is 482 g/mol. The van der Waals surface area contributed by atoms with E-state index in [0.29, 0.717) is 0 Å². The maximum Gasteiger partial charge on any atom is 0.412 e. The maximum atomic E-state index is 13.9. The number of carbonyl (C=O) groups excluding carboxylic acids is 2. The number of nitrogens with zero attached hydrogens (tertiary/aromatic N) is 2. The van der Waals surface area contributed by atoms with Gasteiger partial charge in [0.15, 0.2) is 5.82 Å². The van der Waals surface area contributed by atoms with Gasteiger partial charge in [-0.15, -0.1) is 0 Å². The molecule has 180 valence electrons. The number of rotatable bonds is 5. The molecule has 1 unspecified atom stereocenters. The van der Waals surface area contributed by atoms with Gasteiger partial charge in [0, 0.05) is 18.5 Å². The van der Waals surface area contributed by atoms with Gasteiger partial charge in [0.2, 0.25) is 0 Å². The number of fused-ring (bicyclic) bond motifs is 3. The van der Waals surface area contributed by atoms with Crippen molar-refractivity contribution >= 4 is 23.8 Å². The second-order valence-corrected chi connectivity index (χ2v) is 8.45. The Morgan fingerprint density at radius 3 is 2.34 bits per heavy atom. The van der Waals surface area contributed by atoms with Crippen molar-refractivity contribution in [1.82, 2.24) is 15.1 Å². The Morgan fingerprint density at radius 1 is 1.11 bits per heavy atom. The first-order valence-electron chi connectivity index (χ1n) is 10.8. The number of carboxylic acid groups (broad SMARTS) is 1. The molecule has 1 aliphatic carbocycles. The van der Waals surface area contributed by atoms with Crippen molar-refractivity contribution in [2.45, 2.75) is 11.8 Å². The van der Waals surface area contributed by atoms with Crippen LogP contribution >= 0.6 is 0 Å². The molecule has 0 radical (unpaired) electrons. The Hall–Kier alpha value is -4.28. The Bertz CT molecular complexity index is 1280. The summed E-state index contributed by atoms with van der Waals surface area (Å²) >= 11 is 0. The quantitative estimate of drug-likeness (QED) is 0.511. The molecule has 2 amide bonds. The summed E-state index contributed by atoms with van der Waals surface area (Å²) in [4.78, 5) is 36.7. The van der Waals surface area contributed by atoms with Gasteiger partial charge in [0.05, 0.1) is 6.54 Å². The van der Waals surface area contributed by atoms with Gasteiger partial charge in [-0.3, -0.25) is 20.0 Å². The highest BCUT2D eigenvalue weighted by molar-refractivity contribution is 5.95. The number of hydrogen-bond donors (Lipinski definition) is 3. The van der Waals surface area contributed by atoms with Crippen molar-refractivity contribution in [2.24, 2.45) is 5.92 Å². The molecule has 0 saturated carbocycles. The number of hydrogen-bond acceptors (Lipinski definition) is 5. The van der Waals surface area contributed by atoms with E-state index in [1.165, 1.54) is 6.07 Å². The zero-order chi connectivity index (χ0) is 24.7. The van der Waals surface area contributed by atoms with Crippen LogP contribution in [0.2, 0.25) is 0 Å². The van der Waals surface area contributed by atoms with Crippen LogP contribution in [0.25, 0.3) is 11.1 Å². The lowest BCUT2D eigenvalue weighted by atomic mass is 9.98. The smallest absolute Gasteiger partial charge is 0.412 e. The Morgan fingerprint density at radius 2 is 1.74 bits per heavy atom. The minimum atomic E-state index is -3.54. The number of halogens is 2. The van der Waals surface area contributed by atoms with E-state index in [2.05, 4.69) is 15.5 Å². The summed E-state index contributed by atoms with van der Waals surface area (Å²) in [6.45, 7) is -1.57. The number of aliphatic carboxylic acids is 1. The molecular formula is C24H20F2N4O5. The topological polar surface area (TPSA) is 125 Å². The molecule has 2 aromatic carbocycles.